The summed E-state index contributed by atoms with van der Waals surface area (Å²) in [4.78, 5) is 0. The lowest BCUT2D eigenvalue weighted by Crippen LogP contribution is -2.13. The van der Waals surface area contributed by atoms with Crippen LogP contribution in [0.5, 0.6) is 0 Å². The van der Waals surface area contributed by atoms with E-state index >= 15 is 0 Å². The number of aryl methyl sites for hydroxylation is 3. The lowest BCUT2D eigenvalue weighted by atomic mass is 9.98. The Bertz CT molecular complexity index is 587. The Kier molecular flexibility index (Phi) is 4.61. The maximum absolute atomic E-state index is 10.2. The molecule has 0 saturated carbocycles. The molecule has 1 unspecified atom stereocenters. The molecule has 0 fully saturated rings. The molecule has 0 radical (unpaired) electrons. The average Bonchev–Trinajstić information content (AvgIpc) is 2.64. The van der Waals surface area contributed by atoms with Crippen molar-refractivity contribution in [1.29, 1.82) is 0 Å². The van der Waals surface area contributed by atoms with E-state index in [0.717, 1.165) is 25.0 Å². The largest absolute Gasteiger partial charge is 0.393 e. The van der Waals surface area contributed by atoms with E-state index < -0.39 is 0 Å². The Hall–Kier alpha value is -1.61. The fraction of sp³-hybridized carbons (Fsp3) is 0.471. The first-order chi connectivity index (χ1) is 9.49. The number of aromatic nitrogens is 2. The quantitative estimate of drug-likeness (QED) is 0.909. The first-order valence-electron chi connectivity index (χ1n) is 7.20. The van der Waals surface area contributed by atoms with Crippen LogP contribution in [0.3, 0.4) is 0 Å². The zero-order chi connectivity index (χ0) is 14.7. The number of rotatable bonds is 5. The van der Waals surface area contributed by atoms with Crippen molar-refractivity contribution < 1.29 is 5.11 Å². The van der Waals surface area contributed by atoms with Gasteiger partial charge < -0.3 is 5.11 Å². The van der Waals surface area contributed by atoms with Crippen LogP contribution in [0.1, 0.15) is 34.5 Å². The van der Waals surface area contributed by atoms with Crippen molar-refractivity contribution in [3.63, 3.8) is 0 Å². The molecule has 108 valence electrons. The van der Waals surface area contributed by atoms with Crippen LogP contribution < -0.4 is 0 Å². The Morgan fingerprint density at radius 3 is 2.50 bits per heavy atom. The van der Waals surface area contributed by atoms with Gasteiger partial charge in [-0.2, -0.15) is 5.10 Å². The number of hydrogen-bond donors (Lipinski definition) is 1. The second-order valence-corrected chi connectivity index (χ2v) is 5.60. The van der Waals surface area contributed by atoms with Crippen LogP contribution >= 0.6 is 0 Å². The minimum Gasteiger partial charge on any atom is -0.393 e. The highest BCUT2D eigenvalue weighted by atomic mass is 16.3. The zero-order valence-corrected chi connectivity index (χ0v) is 12.8. The van der Waals surface area contributed by atoms with E-state index in [1.165, 1.54) is 22.4 Å². The van der Waals surface area contributed by atoms with Crippen LogP contribution in [0.15, 0.2) is 24.3 Å². The van der Waals surface area contributed by atoms with E-state index in [4.69, 9.17) is 0 Å². The van der Waals surface area contributed by atoms with Crippen molar-refractivity contribution in [2.75, 3.05) is 0 Å². The van der Waals surface area contributed by atoms with Crippen LogP contribution in [-0.4, -0.2) is 21.0 Å². The SMILES string of the molecule is Cc1ccccc1CC(O)CCc1c(C)nn(C)c1C. The summed E-state index contributed by atoms with van der Waals surface area (Å²) < 4.78 is 1.92. The van der Waals surface area contributed by atoms with Gasteiger partial charge >= 0.3 is 0 Å². The van der Waals surface area contributed by atoms with Crippen LogP contribution in [0.4, 0.5) is 0 Å². The van der Waals surface area contributed by atoms with E-state index in [0.29, 0.717) is 0 Å². The zero-order valence-electron chi connectivity index (χ0n) is 12.8. The third-order valence-corrected chi connectivity index (χ3v) is 4.10. The molecule has 0 saturated heterocycles. The van der Waals surface area contributed by atoms with Gasteiger partial charge in [-0.05, 0) is 56.7 Å². The van der Waals surface area contributed by atoms with Crippen molar-refractivity contribution >= 4 is 0 Å². The molecule has 1 heterocycles. The molecule has 1 N–H and O–H groups in total. The highest BCUT2D eigenvalue weighted by Crippen LogP contribution is 2.17. The van der Waals surface area contributed by atoms with Gasteiger partial charge in [0.2, 0.25) is 0 Å². The Morgan fingerprint density at radius 1 is 1.20 bits per heavy atom. The number of benzene rings is 1. The predicted octanol–water partition coefficient (Wildman–Crippen LogP) is 2.88. The Labute approximate surface area is 121 Å². The van der Waals surface area contributed by atoms with Crippen molar-refractivity contribution in [2.24, 2.45) is 7.05 Å². The standard InChI is InChI=1S/C17H24N2O/c1-12-7-5-6-8-15(12)11-16(20)9-10-17-13(2)18-19(4)14(17)3/h5-8,16,20H,9-11H2,1-4H3. The number of nitrogens with zero attached hydrogens (tertiary/aromatic N) is 2. The summed E-state index contributed by atoms with van der Waals surface area (Å²) in [6.07, 6.45) is 2.10. The summed E-state index contributed by atoms with van der Waals surface area (Å²) in [5.74, 6) is 0. The average molecular weight is 272 g/mol. The van der Waals surface area contributed by atoms with Crippen molar-refractivity contribution in [3.05, 3.63) is 52.3 Å². The molecular weight excluding hydrogens is 248 g/mol. The molecule has 0 spiro atoms. The topological polar surface area (TPSA) is 38.1 Å². The molecule has 0 aliphatic carbocycles. The first-order valence-corrected chi connectivity index (χ1v) is 7.20. The molecule has 2 rings (SSSR count). The Balaban J connectivity index is 1.96. The van der Waals surface area contributed by atoms with E-state index in [9.17, 15) is 5.11 Å². The predicted molar refractivity (Wildman–Crippen MR) is 81.9 cm³/mol. The van der Waals surface area contributed by atoms with E-state index in [-0.39, 0.29) is 6.10 Å². The minimum absolute atomic E-state index is 0.296. The monoisotopic (exact) mass is 272 g/mol. The molecular formula is C17H24N2O. The molecule has 1 aromatic carbocycles. The van der Waals surface area contributed by atoms with E-state index in [1.54, 1.807) is 0 Å². The van der Waals surface area contributed by atoms with Crippen LogP contribution in [0, 0.1) is 20.8 Å². The highest BCUT2D eigenvalue weighted by molar-refractivity contribution is 5.27. The van der Waals surface area contributed by atoms with Gasteiger partial charge in [-0.25, -0.2) is 0 Å². The molecule has 0 amide bonds. The van der Waals surface area contributed by atoms with Crippen LogP contribution in [0.25, 0.3) is 0 Å². The van der Waals surface area contributed by atoms with E-state index in [2.05, 4.69) is 31.1 Å². The third kappa shape index (κ3) is 3.28. The number of aliphatic hydroxyl groups excluding tert-OH is 1. The molecule has 1 aromatic heterocycles. The summed E-state index contributed by atoms with van der Waals surface area (Å²) >= 11 is 0. The summed E-state index contributed by atoms with van der Waals surface area (Å²) in [7, 11) is 1.97. The maximum atomic E-state index is 10.2. The minimum atomic E-state index is -0.296. The molecule has 20 heavy (non-hydrogen) atoms. The van der Waals surface area contributed by atoms with Crippen LogP contribution in [0.2, 0.25) is 0 Å². The van der Waals surface area contributed by atoms with Gasteiger partial charge in [-0.15, -0.1) is 0 Å². The lowest BCUT2D eigenvalue weighted by Gasteiger charge is -2.12. The Morgan fingerprint density at radius 2 is 1.90 bits per heavy atom. The van der Waals surface area contributed by atoms with Crippen LogP contribution in [-0.2, 0) is 19.9 Å². The van der Waals surface area contributed by atoms with Crippen molar-refractivity contribution in [3.8, 4) is 0 Å². The molecule has 0 bridgehead atoms. The second-order valence-electron chi connectivity index (χ2n) is 5.60. The summed E-state index contributed by atoms with van der Waals surface area (Å²) in [5, 5.41) is 14.7. The van der Waals surface area contributed by atoms with E-state index in [1.807, 2.05) is 30.8 Å². The molecule has 0 aliphatic heterocycles. The van der Waals surface area contributed by atoms with Gasteiger partial charge in [0.05, 0.1) is 11.8 Å². The maximum Gasteiger partial charge on any atom is 0.0628 e. The van der Waals surface area contributed by atoms with Gasteiger partial charge in [0.25, 0.3) is 0 Å². The highest BCUT2D eigenvalue weighted by Gasteiger charge is 2.13. The molecule has 0 aliphatic rings. The number of hydrogen-bond acceptors (Lipinski definition) is 2. The van der Waals surface area contributed by atoms with Gasteiger partial charge in [-0.1, -0.05) is 24.3 Å². The summed E-state index contributed by atoms with van der Waals surface area (Å²) in [6, 6.07) is 8.26. The number of aliphatic hydroxyl groups is 1. The fourth-order valence-corrected chi connectivity index (χ4v) is 2.69. The normalized spacial score (nSPS) is 12.7. The summed E-state index contributed by atoms with van der Waals surface area (Å²) in [5.41, 5.74) is 6.04. The molecule has 2 aromatic rings. The summed E-state index contributed by atoms with van der Waals surface area (Å²) in [6.45, 7) is 6.22. The first kappa shape index (κ1) is 14.8. The van der Waals surface area contributed by atoms with Gasteiger partial charge in [-0.3, -0.25) is 4.68 Å². The molecule has 3 heteroatoms. The van der Waals surface area contributed by atoms with Gasteiger partial charge in [0, 0.05) is 12.7 Å². The second kappa shape index (κ2) is 6.23. The lowest BCUT2D eigenvalue weighted by molar-refractivity contribution is 0.165. The van der Waals surface area contributed by atoms with Gasteiger partial charge in [0.1, 0.15) is 0 Å². The fourth-order valence-electron chi connectivity index (χ4n) is 2.69. The van der Waals surface area contributed by atoms with Gasteiger partial charge in [0.15, 0.2) is 0 Å². The molecule has 1 atom stereocenters. The van der Waals surface area contributed by atoms with Crippen molar-refractivity contribution in [2.45, 2.75) is 46.1 Å². The third-order valence-electron chi connectivity index (χ3n) is 4.10. The molecule has 3 nitrogen and oxygen atoms in total. The van der Waals surface area contributed by atoms with Crippen molar-refractivity contribution in [1.82, 2.24) is 9.78 Å². The smallest absolute Gasteiger partial charge is 0.0628 e.